The molecule has 2 N–H and O–H groups in total. The van der Waals surface area contributed by atoms with Crippen LogP contribution in [0.15, 0.2) is 0 Å². The Morgan fingerprint density at radius 2 is 2.00 bits per heavy atom. The summed E-state index contributed by atoms with van der Waals surface area (Å²) in [7, 11) is 0. The highest BCUT2D eigenvalue weighted by Gasteiger charge is 2.48. The summed E-state index contributed by atoms with van der Waals surface area (Å²) in [5.41, 5.74) is 0. The van der Waals surface area contributed by atoms with Gasteiger partial charge in [0.25, 0.3) is 0 Å². The van der Waals surface area contributed by atoms with E-state index in [4.69, 9.17) is 5.11 Å². The minimum absolute atomic E-state index is 0.0724. The fraction of sp³-hybridized carbons (Fsp3) is 0.800. The van der Waals surface area contributed by atoms with Gasteiger partial charge in [0, 0.05) is 6.04 Å². The zero-order chi connectivity index (χ0) is 10.3. The summed E-state index contributed by atoms with van der Waals surface area (Å²) in [6.07, 6.45) is 2.89. The second-order valence-electron chi connectivity index (χ2n) is 4.42. The molecule has 4 heteroatoms. The number of amides is 1. The van der Waals surface area contributed by atoms with E-state index in [-0.39, 0.29) is 17.9 Å². The second kappa shape index (κ2) is 3.26. The Balaban J connectivity index is 1.76. The topological polar surface area (TPSA) is 66.4 Å². The number of hydrogen-bond acceptors (Lipinski definition) is 2. The van der Waals surface area contributed by atoms with E-state index < -0.39 is 11.9 Å². The van der Waals surface area contributed by atoms with E-state index in [0.717, 1.165) is 0 Å². The summed E-state index contributed by atoms with van der Waals surface area (Å²) in [5, 5.41) is 11.5. The Hall–Kier alpha value is -1.06. The van der Waals surface area contributed by atoms with Crippen LogP contribution < -0.4 is 5.32 Å². The minimum atomic E-state index is -0.843. The molecule has 0 aromatic carbocycles. The number of rotatable bonds is 4. The first kappa shape index (κ1) is 9.49. The van der Waals surface area contributed by atoms with Crippen LogP contribution in [0.25, 0.3) is 0 Å². The molecule has 0 spiro atoms. The first-order valence-electron chi connectivity index (χ1n) is 5.12. The number of hydrogen-bond donors (Lipinski definition) is 2. The largest absolute Gasteiger partial charge is 0.481 e. The zero-order valence-corrected chi connectivity index (χ0v) is 8.19. The van der Waals surface area contributed by atoms with Gasteiger partial charge in [-0.2, -0.15) is 0 Å². The molecule has 78 valence electrons. The molecule has 0 aliphatic heterocycles. The Morgan fingerprint density at radius 1 is 1.36 bits per heavy atom. The molecule has 0 aromatic heterocycles. The first-order valence-corrected chi connectivity index (χ1v) is 5.12. The lowest BCUT2D eigenvalue weighted by molar-refractivity contribution is -0.140. The van der Waals surface area contributed by atoms with Crippen LogP contribution in [0.5, 0.6) is 0 Å². The van der Waals surface area contributed by atoms with Gasteiger partial charge in [-0.1, -0.05) is 0 Å². The van der Waals surface area contributed by atoms with Crippen LogP contribution in [0.3, 0.4) is 0 Å². The van der Waals surface area contributed by atoms with Gasteiger partial charge in [-0.15, -0.1) is 0 Å². The maximum atomic E-state index is 11.5. The molecule has 3 atom stereocenters. The summed E-state index contributed by atoms with van der Waals surface area (Å²) in [4.78, 5) is 22.0. The van der Waals surface area contributed by atoms with Gasteiger partial charge >= 0.3 is 5.97 Å². The predicted octanol–water partition coefficient (Wildman–Crippen LogP) is 0.622. The molecule has 2 aliphatic carbocycles. The van der Waals surface area contributed by atoms with Crippen LogP contribution in [0, 0.1) is 17.8 Å². The predicted molar refractivity (Wildman–Crippen MR) is 49.6 cm³/mol. The lowest BCUT2D eigenvalue weighted by Crippen LogP contribution is -2.35. The lowest BCUT2D eigenvalue weighted by atomic mass is 10.2. The smallest absolute Gasteiger partial charge is 0.307 e. The summed E-state index contributed by atoms with van der Waals surface area (Å²) in [6, 6.07) is 0.220. The molecule has 0 saturated heterocycles. The molecular formula is C10H15NO3. The average molecular weight is 197 g/mol. The van der Waals surface area contributed by atoms with E-state index >= 15 is 0 Å². The molecule has 1 amide bonds. The third-order valence-corrected chi connectivity index (χ3v) is 3.14. The monoisotopic (exact) mass is 197 g/mol. The number of carboxylic acid groups (broad SMARTS) is 1. The SMILES string of the molecule is CC(NC(=O)C1CC1C(=O)O)C1CC1. The van der Waals surface area contributed by atoms with Crippen molar-refractivity contribution < 1.29 is 14.7 Å². The Morgan fingerprint density at radius 3 is 2.43 bits per heavy atom. The molecule has 2 fully saturated rings. The van der Waals surface area contributed by atoms with Crippen LogP contribution in [0.4, 0.5) is 0 Å². The van der Waals surface area contributed by atoms with E-state index in [0.29, 0.717) is 12.3 Å². The molecule has 0 heterocycles. The fourth-order valence-electron chi connectivity index (χ4n) is 1.80. The van der Waals surface area contributed by atoms with Crippen molar-refractivity contribution in [3.8, 4) is 0 Å². The van der Waals surface area contributed by atoms with Gasteiger partial charge in [0.1, 0.15) is 0 Å². The molecule has 0 aromatic rings. The van der Waals surface area contributed by atoms with E-state index in [2.05, 4.69) is 5.32 Å². The van der Waals surface area contributed by atoms with Crippen molar-refractivity contribution in [1.82, 2.24) is 5.32 Å². The van der Waals surface area contributed by atoms with Crippen molar-refractivity contribution in [2.45, 2.75) is 32.2 Å². The summed E-state index contributed by atoms with van der Waals surface area (Å²) >= 11 is 0. The summed E-state index contributed by atoms with van der Waals surface area (Å²) in [5.74, 6) is -0.989. The van der Waals surface area contributed by atoms with Crippen LogP contribution in [0.1, 0.15) is 26.2 Å². The van der Waals surface area contributed by atoms with Crippen LogP contribution in [0.2, 0.25) is 0 Å². The molecular weight excluding hydrogens is 182 g/mol. The average Bonchev–Trinajstić information content (AvgIpc) is 2.98. The number of carboxylic acids is 1. The molecule has 2 saturated carbocycles. The van der Waals surface area contributed by atoms with Crippen LogP contribution >= 0.6 is 0 Å². The second-order valence-corrected chi connectivity index (χ2v) is 4.42. The third kappa shape index (κ3) is 1.89. The van der Waals surface area contributed by atoms with Gasteiger partial charge < -0.3 is 10.4 Å². The van der Waals surface area contributed by atoms with Crippen molar-refractivity contribution in [2.75, 3.05) is 0 Å². The maximum Gasteiger partial charge on any atom is 0.307 e. The first-order chi connectivity index (χ1) is 6.59. The lowest BCUT2D eigenvalue weighted by Gasteiger charge is -2.11. The van der Waals surface area contributed by atoms with Gasteiger partial charge in [-0.25, -0.2) is 0 Å². The maximum absolute atomic E-state index is 11.5. The van der Waals surface area contributed by atoms with E-state index in [1.165, 1.54) is 12.8 Å². The molecule has 2 rings (SSSR count). The number of nitrogens with one attached hydrogen (secondary N) is 1. The van der Waals surface area contributed by atoms with Crippen LogP contribution in [-0.4, -0.2) is 23.0 Å². The normalized spacial score (nSPS) is 32.1. The van der Waals surface area contributed by atoms with Gasteiger partial charge in [0.15, 0.2) is 0 Å². The number of carbonyl (C=O) groups excluding carboxylic acids is 1. The minimum Gasteiger partial charge on any atom is -0.481 e. The van der Waals surface area contributed by atoms with E-state index in [9.17, 15) is 9.59 Å². The van der Waals surface area contributed by atoms with Crippen molar-refractivity contribution in [2.24, 2.45) is 17.8 Å². The van der Waals surface area contributed by atoms with Crippen molar-refractivity contribution in [3.63, 3.8) is 0 Å². The molecule has 14 heavy (non-hydrogen) atoms. The van der Waals surface area contributed by atoms with Gasteiger partial charge in [0.2, 0.25) is 5.91 Å². The highest BCUT2D eigenvalue weighted by atomic mass is 16.4. The summed E-state index contributed by atoms with van der Waals surface area (Å²) < 4.78 is 0. The highest BCUT2D eigenvalue weighted by Crippen LogP contribution is 2.39. The number of aliphatic carboxylic acids is 1. The number of carbonyl (C=O) groups is 2. The molecule has 2 aliphatic rings. The Kier molecular flexibility index (Phi) is 2.21. The van der Waals surface area contributed by atoms with Gasteiger partial charge in [-0.3, -0.25) is 9.59 Å². The zero-order valence-electron chi connectivity index (χ0n) is 8.19. The molecule has 0 radical (unpaired) electrons. The van der Waals surface area contributed by atoms with Gasteiger partial charge in [0.05, 0.1) is 11.8 Å². The highest BCUT2D eigenvalue weighted by molar-refractivity contribution is 5.89. The molecule has 0 bridgehead atoms. The van der Waals surface area contributed by atoms with Crippen LogP contribution in [-0.2, 0) is 9.59 Å². The third-order valence-electron chi connectivity index (χ3n) is 3.14. The van der Waals surface area contributed by atoms with Gasteiger partial charge in [-0.05, 0) is 32.1 Å². The Labute approximate surface area is 82.7 Å². The van der Waals surface area contributed by atoms with E-state index in [1.807, 2.05) is 6.92 Å². The van der Waals surface area contributed by atoms with Crippen molar-refractivity contribution in [3.05, 3.63) is 0 Å². The molecule has 3 unspecified atom stereocenters. The molecule has 4 nitrogen and oxygen atoms in total. The fourth-order valence-corrected chi connectivity index (χ4v) is 1.80. The van der Waals surface area contributed by atoms with E-state index in [1.54, 1.807) is 0 Å². The Bertz CT molecular complexity index is 273. The van der Waals surface area contributed by atoms with Crippen molar-refractivity contribution in [1.29, 1.82) is 0 Å². The summed E-state index contributed by atoms with van der Waals surface area (Å²) in [6.45, 7) is 1.99. The van der Waals surface area contributed by atoms with Crippen molar-refractivity contribution >= 4 is 11.9 Å². The standard InChI is InChI=1S/C10H15NO3/c1-5(6-2-3-6)11-9(12)7-4-8(7)10(13)14/h5-8H,2-4H2,1H3,(H,11,12)(H,13,14). The quantitative estimate of drug-likeness (QED) is 0.694.